The summed E-state index contributed by atoms with van der Waals surface area (Å²) < 4.78 is 0. The summed E-state index contributed by atoms with van der Waals surface area (Å²) in [7, 11) is 0. The molecule has 0 fully saturated rings. The van der Waals surface area contributed by atoms with Gasteiger partial charge in [0.15, 0.2) is 0 Å². The van der Waals surface area contributed by atoms with Gasteiger partial charge in [-0.15, -0.1) is 0 Å². The predicted molar refractivity (Wildman–Crippen MR) is 67.9 cm³/mol. The third-order valence-electron chi connectivity index (χ3n) is 3.10. The summed E-state index contributed by atoms with van der Waals surface area (Å²) in [4.78, 5) is 34.1. The highest BCUT2D eigenvalue weighted by molar-refractivity contribution is 5.82. The van der Waals surface area contributed by atoms with Crippen LogP contribution in [0.4, 0.5) is 0 Å². The van der Waals surface area contributed by atoms with Gasteiger partial charge in [0, 0.05) is 32.1 Å². The van der Waals surface area contributed by atoms with Gasteiger partial charge in [-0.05, 0) is 18.8 Å². The fraction of sp³-hybridized carbons (Fsp3) is 0.786. The Bertz CT molecular complexity index is 294. The smallest absolute Gasteiger partial charge is 0.133 e. The van der Waals surface area contributed by atoms with E-state index in [9.17, 15) is 14.4 Å². The number of rotatable bonds is 9. The first kappa shape index (κ1) is 16.0. The molecular formula is C14H24O3. The SMILES string of the molecule is CCC(=O)CCC(C)(CC(C)=O)CC(=O)CC. The van der Waals surface area contributed by atoms with Crippen LogP contribution in [0.2, 0.25) is 0 Å². The molecule has 0 aliphatic carbocycles. The highest BCUT2D eigenvalue weighted by Gasteiger charge is 2.28. The zero-order valence-corrected chi connectivity index (χ0v) is 11.5. The molecule has 3 heteroatoms. The Balaban J connectivity index is 4.54. The van der Waals surface area contributed by atoms with Crippen LogP contribution < -0.4 is 0 Å². The summed E-state index contributed by atoms with van der Waals surface area (Å²) >= 11 is 0. The molecule has 0 heterocycles. The topological polar surface area (TPSA) is 51.2 Å². The van der Waals surface area contributed by atoms with E-state index >= 15 is 0 Å². The minimum absolute atomic E-state index is 0.0837. The number of carbonyl (C=O) groups excluding carboxylic acids is 3. The molecule has 0 aromatic carbocycles. The quantitative estimate of drug-likeness (QED) is 0.622. The Morgan fingerprint density at radius 2 is 1.47 bits per heavy atom. The fourth-order valence-electron chi connectivity index (χ4n) is 2.06. The molecule has 0 aliphatic heterocycles. The molecule has 0 bridgehead atoms. The van der Waals surface area contributed by atoms with Gasteiger partial charge in [0.05, 0.1) is 0 Å². The molecule has 3 nitrogen and oxygen atoms in total. The van der Waals surface area contributed by atoms with E-state index in [0.29, 0.717) is 38.5 Å². The van der Waals surface area contributed by atoms with Crippen molar-refractivity contribution in [2.24, 2.45) is 5.41 Å². The Morgan fingerprint density at radius 3 is 1.88 bits per heavy atom. The molecule has 0 amide bonds. The zero-order valence-electron chi connectivity index (χ0n) is 11.5. The largest absolute Gasteiger partial charge is 0.300 e. The molecule has 17 heavy (non-hydrogen) atoms. The molecular weight excluding hydrogens is 216 g/mol. The van der Waals surface area contributed by atoms with Gasteiger partial charge in [0.25, 0.3) is 0 Å². The van der Waals surface area contributed by atoms with Gasteiger partial charge in [-0.2, -0.15) is 0 Å². The van der Waals surface area contributed by atoms with Gasteiger partial charge < -0.3 is 4.79 Å². The van der Waals surface area contributed by atoms with Crippen LogP contribution in [-0.4, -0.2) is 17.3 Å². The van der Waals surface area contributed by atoms with Crippen molar-refractivity contribution in [1.29, 1.82) is 0 Å². The van der Waals surface area contributed by atoms with Crippen LogP contribution in [0.25, 0.3) is 0 Å². The lowest BCUT2D eigenvalue weighted by molar-refractivity contribution is -0.125. The van der Waals surface area contributed by atoms with Crippen molar-refractivity contribution in [3.05, 3.63) is 0 Å². The first-order chi connectivity index (χ1) is 7.83. The van der Waals surface area contributed by atoms with Crippen LogP contribution in [0.1, 0.15) is 66.2 Å². The molecule has 0 N–H and O–H groups in total. The normalized spacial score (nSPS) is 14.1. The zero-order chi connectivity index (χ0) is 13.5. The molecule has 0 aliphatic rings. The molecule has 1 atom stereocenters. The average Bonchev–Trinajstić information content (AvgIpc) is 2.24. The number of hydrogen-bond acceptors (Lipinski definition) is 3. The fourth-order valence-corrected chi connectivity index (χ4v) is 2.06. The summed E-state index contributed by atoms with van der Waals surface area (Å²) in [5.74, 6) is 0.446. The minimum Gasteiger partial charge on any atom is -0.300 e. The van der Waals surface area contributed by atoms with E-state index in [1.165, 1.54) is 6.92 Å². The number of ketones is 3. The average molecular weight is 240 g/mol. The Labute approximate surface area is 104 Å². The lowest BCUT2D eigenvalue weighted by atomic mass is 9.76. The van der Waals surface area contributed by atoms with Gasteiger partial charge in [-0.1, -0.05) is 20.8 Å². The van der Waals surface area contributed by atoms with Crippen LogP contribution in [0.3, 0.4) is 0 Å². The van der Waals surface area contributed by atoms with Gasteiger partial charge >= 0.3 is 0 Å². The van der Waals surface area contributed by atoms with Crippen LogP contribution >= 0.6 is 0 Å². The number of carbonyl (C=O) groups is 3. The molecule has 0 aromatic heterocycles. The standard InChI is InChI=1S/C14H24O3/c1-5-12(16)7-8-14(4,9-11(3)15)10-13(17)6-2/h5-10H2,1-4H3. The molecule has 0 saturated carbocycles. The maximum Gasteiger partial charge on any atom is 0.133 e. The minimum atomic E-state index is -0.343. The predicted octanol–water partition coefficient (Wildman–Crippen LogP) is 3.10. The molecule has 0 spiro atoms. The van der Waals surface area contributed by atoms with E-state index in [2.05, 4.69) is 0 Å². The number of Topliss-reactive ketones (excluding diaryl/α,β-unsaturated/α-hetero) is 3. The van der Waals surface area contributed by atoms with Crippen molar-refractivity contribution in [2.75, 3.05) is 0 Å². The molecule has 98 valence electrons. The third-order valence-corrected chi connectivity index (χ3v) is 3.10. The van der Waals surface area contributed by atoms with Gasteiger partial charge in [0.2, 0.25) is 0 Å². The first-order valence-corrected chi connectivity index (χ1v) is 6.36. The van der Waals surface area contributed by atoms with Gasteiger partial charge in [0.1, 0.15) is 17.3 Å². The summed E-state index contributed by atoms with van der Waals surface area (Å²) in [5, 5.41) is 0. The maximum atomic E-state index is 11.5. The highest BCUT2D eigenvalue weighted by Crippen LogP contribution is 2.33. The molecule has 1 unspecified atom stereocenters. The second-order valence-corrected chi connectivity index (χ2v) is 5.15. The van der Waals surface area contributed by atoms with Gasteiger partial charge in [-0.25, -0.2) is 0 Å². The van der Waals surface area contributed by atoms with Crippen LogP contribution in [-0.2, 0) is 14.4 Å². The van der Waals surface area contributed by atoms with Crippen LogP contribution in [0.15, 0.2) is 0 Å². The summed E-state index contributed by atoms with van der Waals surface area (Å²) in [6, 6.07) is 0. The number of hydrogen-bond donors (Lipinski definition) is 0. The van der Waals surface area contributed by atoms with E-state index < -0.39 is 0 Å². The van der Waals surface area contributed by atoms with E-state index in [0.717, 1.165) is 0 Å². The van der Waals surface area contributed by atoms with Crippen molar-refractivity contribution in [3.63, 3.8) is 0 Å². The Kier molecular flexibility index (Phi) is 6.93. The first-order valence-electron chi connectivity index (χ1n) is 6.36. The van der Waals surface area contributed by atoms with Gasteiger partial charge in [-0.3, -0.25) is 9.59 Å². The van der Waals surface area contributed by atoms with E-state index in [-0.39, 0.29) is 22.8 Å². The van der Waals surface area contributed by atoms with Crippen molar-refractivity contribution >= 4 is 17.3 Å². The second kappa shape index (κ2) is 7.36. The summed E-state index contributed by atoms with van der Waals surface area (Å²) in [6.07, 6.45) is 2.91. The lowest BCUT2D eigenvalue weighted by Gasteiger charge is -2.27. The van der Waals surface area contributed by atoms with Crippen LogP contribution in [0, 0.1) is 5.41 Å². The second-order valence-electron chi connectivity index (χ2n) is 5.15. The summed E-state index contributed by atoms with van der Waals surface area (Å²) in [5.41, 5.74) is -0.343. The van der Waals surface area contributed by atoms with Crippen molar-refractivity contribution in [3.8, 4) is 0 Å². The maximum absolute atomic E-state index is 11.5. The molecule has 0 aromatic rings. The van der Waals surface area contributed by atoms with E-state index in [1.807, 2.05) is 20.8 Å². The lowest BCUT2D eigenvalue weighted by Crippen LogP contribution is -2.24. The third kappa shape index (κ3) is 7.03. The van der Waals surface area contributed by atoms with E-state index in [1.54, 1.807) is 0 Å². The van der Waals surface area contributed by atoms with Crippen molar-refractivity contribution < 1.29 is 14.4 Å². The molecule has 0 saturated heterocycles. The van der Waals surface area contributed by atoms with Crippen LogP contribution in [0.5, 0.6) is 0 Å². The monoisotopic (exact) mass is 240 g/mol. The Hall–Kier alpha value is -0.990. The Morgan fingerprint density at radius 1 is 0.941 bits per heavy atom. The molecule has 0 rings (SSSR count). The highest BCUT2D eigenvalue weighted by atomic mass is 16.1. The summed E-state index contributed by atoms with van der Waals surface area (Å²) in [6.45, 7) is 7.14. The van der Waals surface area contributed by atoms with Crippen molar-refractivity contribution in [1.82, 2.24) is 0 Å². The van der Waals surface area contributed by atoms with Crippen molar-refractivity contribution in [2.45, 2.75) is 66.2 Å². The molecule has 0 radical (unpaired) electrons. The van der Waals surface area contributed by atoms with E-state index in [4.69, 9.17) is 0 Å².